The van der Waals surface area contributed by atoms with E-state index in [2.05, 4.69) is 4.74 Å². The Morgan fingerprint density at radius 3 is 2.11 bits per heavy atom. The molecule has 0 bridgehead atoms. The van der Waals surface area contributed by atoms with E-state index in [0.29, 0.717) is 4.31 Å². The van der Waals surface area contributed by atoms with E-state index in [0.717, 1.165) is 0 Å². The van der Waals surface area contributed by atoms with Gasteiger partial charge < -0.3 is 9.84 Å². The second-order valence-corrected chi connectivity index (χ2v) is 5.72. The molecule has 0 saturated carbocycles. The Kier molecular flexibility index (Phi) is 6.06. The molecule has 0 aromatic carbocycles. The van der Waals surface area contributed by atoms with Gasteiger partial charge in [-0.3, -0.25) is 4.79 Å². The summed E-state index contributed by atoms with van der Waals surface area (Å²) in [5.41, 5.74) is 0. The third kappa shape index (κ3) is 5.82. The molecular formula is C9H18N2O6S. The van der Waals surface area contributed by atoms with Crippen LogP contribution in [0.25, 0.3) is 0 Å². The lowest BCUT2D eigenvalue weighted by Crippen LogP contribution is -2.49. The van der Waals surface area contributed by atoms with Crippen LogP contribution in [0, 0.1) is 0 Å². The van der Waals surface area contributed by atoms with Gasteiger partial charge in [0.1, 0.15) is 6.54 Å². The Morgan fingerprint density at radius 2 is 1.78 bits per heavy atom. The van der Waals surface area contributed by atoms with Crippen LogP contribution >= 0.6 is 0 Å². The number of nitrogens with zero attached hydrogens (tertiary/aromatic N) is 1. The smallest absolute Gasteiger partial charge is 0.422 e. The van der Waals surface area contributed by atoms with Crippen molar-refractivity contribution in [3.05, 3.63) is 0 Å². The van der Waals surface area contributed by atoms with Gasteiger partial charge in [0, 0.05) is 6.04 Å². The average Bonchev–Trinajstić information content (AvgIpc) is 2.10. The largest absolute Gasteiger partial charge is 0.480 e. The van der Waals surface area contributed by atoms with Gasteiger partial charge in [0.25, 0.3) is 0 Å². The maximum Gasteiger partial charge on any atom is 0.422 e. The molecule has 0 fully saturated rings. The van der Waals surface area contributed by atoms with E-state index in [4.69, 9.17) is 5.11 Å². The number of hydrogen-bond acceptors (Lipinski definition) is 5. The fourth-order valence-electron chi connectivity index (χ4n) is 1.08. The zero-order valence-corrected chi connectivity index (χ0v) is 11.5. The molecule has 0 radical (unpaired) electrons. The molecule has 0 aliphatic heterocycles. The first-order valence-corrected chi connectivity index (χ1v) is 6.72. The van der Waals surface area contributed by atoms with Gasteiger partial charge in [-0.2, -0.15) is 12.7 Å². The van der Waals surface area contributed by atoms with E-state index in [9.17, 15) is 18.0 Å². The van der Waals surface area contributed by atoms with Gasteiger partial charge in [0.05, 0.1) is 6.10 Å². The summed E-state index contributed by atoms with van der Waals surface area (Å²) in [6, 6.07) is -0.606. The Morgan fingerprint density at radius 1 is 1.28 bits per heavy atom. The van der Waals surface area contributed by atoms with Crippen LogP contribution in [0.3, 0.4) is 0 Å². The molecule has 0 spiro atoms. The number of ether oxygens (including phenoxy) is 1. The first kappa shape index (κ1) is 16.6. The topological polar surface area (TPSA) is 113 Å². The lowest BCUT2D eigenvalue weighted by molar-refractivity contribution is -0.137. The molecule has 0 unspecified atom stereocenters. The summed E-state index contributed by atoms with van der Waals surface area (Å²) in [5.74, 6) is -1.31. The van der Waals surface area contributed by atoms with Crippen LogP contribution in [0.1, 0.15) is 27.7 Å². The zero-order valence-electron chi connectivity index (χ0n) is 10.7. The maximum absolute atomic E-state index is 11.8. The lowest BCUT2D eigenvalue weighted by Gasteiger charge is -2.23. The van der Waals surface area contributed by atoms with Gasteiger partial charge in [-0.1, -0.05) is 0 Å². The highest BCUT2D eigenvalue weighted by Gasteiger charge is 2.29. The van der Waals surface area contributed by atoms with Gasteiger partial charge in [-0.15, -0.1) is 0 Å². The van der Waals surface area contributed by atoms with Crippen LogP contribution in [0.5, 0.6) is 0 Å². The summed E-state index contributed by atoms with van der Waals surface area (Å²) in [6.07, 6.45) is -1.62. The number of rotatable bonds is 6. The van der Waals surface area contributed by atoms with Crippen molar-refractivity contribution in [1.82, 2.24) is 9.03 Å². The molecule has 1 amide bonds. The molecule has 106 valence electrons. The van der Waals surface area contributed by atoms with Crippen LogP contribution in [-0.4, -0.2) is 48.6 Å². The Balaban J connectivity index is 4.86. The summed E-state index contributed by atoms with van der Waals surface area (Å²) in [5, 5.41) is 8.63. The van der Waals surface area contributed by atoms with E-state index in [1.54, 1.807) is 18.6 Å². The minimum atomic E-state index is -4.23. The summed E-state index contributed by atoms with van der Waals surface area (Å²) in [4.78, 5) is 21.8. The highest BCUT2D eigenvalue weighted by molar-refractivity contribution is 7.87. The van der Waals surface area contributed by atoms with Crippen molar-refractivity contribution >= 4 is 22.3 Å². The number of amides is 1. The zero-order chi connectivity index (χ0) is 14.5. The molecule has 0 aromatic heterocycles. The molecular weight excluding hydrogens is 264 g/mol. The van der Waals surface area contributed by atoms with Crippen molar-refractivity contribution in [2.45, 2.75) is 39.8 Å². The SMILES string of the molecule is CC(C)OC(=O)NS(=O)(=O)N(CC(=O)O)C(C)C. The van der Waals surface area contributed by atoms with Crippen molar-refractivity contribution in [2.24, 2.45) is 0 Å². The fourth-order valence-corrected chi connectivity index (χ4v) is 2.29. The summed E-state index contributed by atoms with van der Waals surface area (Å²) >= 11 is 0. The summed E-state index contributed by atoms with van der Waals surface area (Å²) < 4.78 is 30.4. The van der Waals surface area contributed by atoms with Crippen LogP contribution in [0.15, 0.2) is 0 Å². The Bertz CT molecular complexity index is 403. The van der Waals surface area contributed by atoms with Gasteiger partial charge in [-0.05, 0) is 27.7 Å². The van der Waals surface area contributed by atoms with Crippen LogP contribution in [-0.2, 0) is 19.7 Å². The van der Waals surface area contributed by atoms with Crippen molar-refractivity contribution < 1.29 is 27.9 Å². The van der Waals surface area contributed by atoms with Crippen LogP contribution in [0.4, 0.5) is 4.79 Å². The van der Waals surface area contributed by atoms with Gasteiger partial charge in [0.2, 0.25) is 0 Å². The van der Waals surface area contributed by atoms with E-state index >= 15 is 0 Å². The van der Waals surface area contributed by atoms with Crippen LogP contribution in [0.2, 0.25) is 0 Å². The minimum absolute atomic E-state index is 0.479. The number of carbonyl (C=O) groups is 2. The van der Waals surface area contributed by atoms with Crippen molar-refractivity contribution in [3.63, 3.8) is 0 Å². The molecule has 2 N–H and O–H groups in total. The molecule has 0 aromatic rings. The predicted molar refractivity (Wildman–Crippen MR) is 63.2 cm³/mol. The number of hydrogen-bond donors (Lipinski definition) is 2. The predicted octanol–water partition coefficient (Wildman–Crippen LogP) is 0.161. The third-order valence-electron chi connectivity index (χ3n) is 1.73. The van der Waals surface area contributed by atoms with E-state index < -0.39 is 41.0 Å². The summed E-state index contributed by atoms with van der Waals surface area (Å²) in [7, 11) is -4.23. The van der Waals surface area contributed by atoms with Gasteiger partial charge in [0.15, 0.2) is 0 Å². The van der Waals surface area contributed by atoms with Crippen molar-refractivity contribution in [3.8, 4) is 0 Å². The maximum atomic E-state index is 11.8. The molecule has 8 nitrogen and oxygen atoms in total. The number of carboxylic acids is 1. The average molecular weight is 282 g/mol. The lowest BCUT2D eigenvalue weighted by atomic mass is 10.4. The number of aliphatic carboxylic acids is 1. The first-order valence-electron chi connectivity index (χ1n) is 5.28. The molecule has 0 heterocycles. The Hall–Kier alpha value is -1.35. The molecule has 0 rings (SSSR count). The van der Waals surface area contributed by atoms with Crippen molar-refractivity contribution in [2.75, 3.05) is 6.54 Å². The van der Waals surface area contributed by atoms with Crippen molar-refractivity contribution in [1.29, 1.82) is 0 Å². The highest BCUT2D eigenvalue weighted by Crippen LogP contribution is 2.05. The molecule has 18 heavy (non-hydrogen) atoms. The Labute approximate surface area is 106 Å². The molecule has 0 aliphatic rings. The second-order valence-electron chi connectivity index (χ2n) is 4.09. The van der Waals surface area contributed by atoms with Gasteiger partial charge in [-0.25, -0.2) is 9.52 Å². The molecule has 9 heteroatoms. The number of carboxylic acid groups (broad SMARTS) is 1. The fraction of sp³-hybridized carbons (Fsp3) is 0.778. The summed E-state index contributed by atoms with van der Waals surface area (Å²) in [6.45, 7) is 5.38. The standard InChI is InChI=1S/C9H18N2O6S/c1-6(2)11(5-8(12)13)18(15,16)10-9(14)17-7(3)4/h6-7H,5H2,1-4H3,(H,10,14)(H,12,13). The van der Waals surface area contributed by atoms with Gasteiger partial charge >= 0.3 is 22.3 Å². The number of carbonyl (C=O) groups excluding carboxylic acids is 1. The third-order valence-corrected chi connectivity index (χ3v) is 3.32. The normalized spacial score (nSPS) is 11.9. The van der Waals surface area contributed by atoms with E-state index in [1.165, 1.54) is 13.8 Å². The van der Waals surface area contributed by atoms with E-state index in [-0.39, 0.29) is 0 Å². The molecule has 0 saturated heterocycles. The van der Waals surface area contributed by atoms with Crippen LogP contribution < -0.4 is 4.72 Å². The second kappa shape index (κ2) is 6.55. The quantitative estimate of drug-likeness (QED) is 0.717. The highest BCUT2D eigenvalue weighted by atomic mass is 32.2. The molecule has 0 atom stereocenters. The molecule has 0 aliphatic carbocycles. The first-order chi connectivity index (χ1) is 8.06. The van der Waals surface area contributed by atoms with E-state index in [1.807, 2.05) is 0 Å². The minimum Gasteiger partial charge on any atom is -0.480 e. The monoisotopic (exact) mass is 282 g/mol. The number of nitrogens with one attached hydrogen (secondary N) is 1.